The molecule has 0 fully saturated rings. The Labute approximate surface area is 262 Å². The Morgan fingerprint density at radius 2 is 0.818 bits per heavy atom. The number of aryl methyl sites for hydroxylation is 6. The molecule has 0 N–H and O–H groups in total. The van der Waals surface area contributed by atoms with Crippen molar-refractivity contribution in [2.75, 3.05) is 0 Å². The Hall–Kier alpha value is -4.44. The van der Waals surface area contributed by atoms with Crippen LogP contribution in [0.5, 0.6) is 0 Å². The van der Waals surface area contributed by atoms with Crippen molar-refractivity contribution in [3.05, 3.63) is 141 Å². The van der Waals surface area contributed by atoms with Gasteiger partial charge in [0.05, 0.1) is 11.1 Å². The van der Waals surface area contributed by atoms with Crippen LogP contribution in [0.3, 0.4) is 0 Å². The zero-order valence-electron chi connectivity index (χ0n) is 27.0. The fourth-order valence-corrected chi connectivity index (χ4v) is 5.45. The number of unbranched alkanes of at least 4 members (excludes halogenated alkanes) is 2. The number of hydrogen-bond acceptors (Lipinski definition) is 4. The standard InChI is InChI=1S/C40H44O4/c1-7-9-17-31-19-23-33(24-20-31)39(41)43-37(35-27(3)13-11-14-28(35)4)38(36-29(5)15-12-16-30(36)6)44-40(42)34-25-21-32(22-26-34)18-10-8-2/h11-16,19-26H,7-10,17-18H2,1-6H3. The number of carbonyl (C=O) groups is 2. The van der Waals surface area contributed by atoms with Gasteiger partial charge in [-0.1, -0.05) is 87.4 Å². The predicted molar refractivity (Wildman–Crippen MR) is 180 cm³/mol. The summed E-state index contributed by atoms with van der Waals surface area (Å²) in [4.78, 5) is 27.5. The molecule has 0 saturated heterocycles. The summed E-state index contributed by atoms with van der Waals surface area (Å²) in [6, 6.07) is 26.9. The molecule has 0 amide bonds. The van der Waals surface area contributed by atoms with Crippen molar-refractivity contribution in [3.8, 4) is 0 Å². The third kappa shape index (κ3) is 7.93. The van der Waals surface area contributed by atoms with Gasteiger partial charge in [0.1, 0.15) is 0 Å². The van der Waals surface area contributed by atoms with E-state index in [0.717, 1.165) is 71.9 Å². The first-order valence-corrected chi connectivity index (χ1v) is 15.7. The molecule has 0 spiro atoms. The van der Waals surface area contributed by atoms with Crippen molar-refractivity contribution in [2.45, 2.75) is 80.1 Å². The number of hydrogen-bond donors (Lipinski definition) is 0. The molecule has 4 aromatic rings. The predicted octanol–water partition coefficient (Wildman–Crippen LogP) is 10.1. The van der Waals surface area contributed by atoms with Gasteiger partial charge in [0.2, 0.25) is 0 Å². The van der Waals surface area contributed by atoms with E-state index in [0.29, 0.717) is 11.1 Å². The normalized spacial score (nSPS) is 11.6. The van der Waals surface area contributed by atoms with Crippen LogP contribution in [0.25, 0.3) is 11.5 Å². The van der Waals surface area contributed by atoms with Crippen LogP contribution in [0.4, 0.5) is 0 Å². The van der Waals surface area contributed by atoms with Gasteiger partial charge in [-0.25, -0.2) is 9.59 Å². The summed E-state index contributed by atoms with van der Waals surface area (Å²) in [6.07, 6.45) is 6.33. The fourth-order valence-electron chi connectivity index (χ4n) is 5.45. The summed E-state index contributed by atoms with van der Waals surface area (Å²) in [6.45, 7) is 12.2. The Morgan fingerprint density at radius 3 is 1.11 bits per heavy atom. The fraction of sp³-hybridized carbons (Fsp3) is 0.300. The smallest absolute Gasteiger partial charge is 0.343 e. The molecule has 0 heterocycles. The maximum absolute atomic E-state index is 13.8. The molecule has 0 aliphatic heterocycles. The largest absolute Gasteiger partial charge is 0.418 e. The second-order valence-corrected chi connectivity index (χ2v) is 11.6. The average Bonchev–Trinajstić information content (AvgIpc) is 3.02. The van der Waals surface area contributed by atoms with Gasteiger partial charge in [-0.2, -0.15) is 0 Å². The van der Waals surface area contributed by atoms with Crippen LogP contribution in [0.1, 0.15) is 105 Å². The molecule has 4 rings (SSSR count). The Balaban J connectivity index is 1.85. The molecule has 0 aromatic heterocycles. The minimum Gasteiger partial charge on any atom is -0.418 e. The molecule has 4 aromatic carbocycles. The lowest BCUT2D eigenvalue weighted by Gasteiger charge is -2.21. The summed E-state index contributed by atoms with van der Waals surface area (Å²) < 4.78 is 12.6. The van der Waals surface area contributed by atoms with E-state index < -0.39 is 11.9 Å². The second kappa shape index (κ2) is 15.3. The summed E-state index contributed by atoms with van der Waals surface area (Å²) in [5.41, 5.74) is 8.30. The molecule has 0 aliphatic carbocycles. The summed E-state index contributed by atoms with van der Waals surface area (Å²) in [7, 11) is 0. The van der Waals surface area contributed by atoms with Crippen LogP contribution in [0, 0.1) is 27.7 Å². The van der Waals surface area contributed by atoms with Crippen LogP contribution < -0.4 is 0 Å². The molecule has 0 bridgehead atoms. The van der Waals surface area contributed by atoms with E-state index in [4.69, 9.17) is 9.47 Å². The van der Waals surface area contributed by atoms with Crippen molar-refractivity contribution in [1.82, 2.24) is 0 Å². The number of rotatable bonds is 12. The van der Waals surface area contributed by atoms with Gasteiger partial charge in [-0.15, -0.1) is 0 Å². The zero-order valence-corrected chi connectivity index (χ0v) is 27.0. The van der Waals surface area contributed by atoms with E-state index in [9.17, 15) is 9.59 Å². The molecule has 0 saturated carbocycles. The van der Waals surface area contributed by atoms with Crippen LogP contribution in [-0.2, 0) is 22.3 Å². The van der Waals surface area contributed by atoms with Crippen molar-refractivity contribution >= 4 is 23.5 Å². The van der Waals surface area contributed by atoms with Crippen LogP contribution in [0.15, 0.2) is 84.9 Å². The third-order valence-electron chi connectivity index (χ3n) is 8.03. The first-order chi connectivity index (χ1) is 21.2. The molecule has 0 unspecified atom stereocenters. The number of benzene rings is 4. The van der Waals surface area contributed by atoms with E-state index in [1.807, 2.05) is 88.4 Å². The Morgan fingerprint density at radius 1 is 0.500 bits per heavy atom. The topological polar surface area (TPSA) is 52.6 Å². The molecule has 0 radical (unpaired) electrons. The van der Waals surface area contributed by atoms with Gasteiger partial charge in [0, 0.05) is 11.1 Å². The van der Waals surface area contributed by atoms with E-state index in [1.54, 1.807) is 24.3 Å². The molecule has 4 heteroatoms. The highest BCUT2D eigenvalue weighted by Crippen LogP contribution is 2.36. The molecule has 4 nitrogen and oxygen atoms in total. The summed E-state index contributed by atoms with van der Waals surface area (Å²) in [5.74, 6) is -0.563. The van der Waals surface area contributed by atoms with Gasteiger partial charge < -0.3 is 9.47 Å². The van der Waals surface area contributed by atoms with Gasteiger partial charge in [0.25, 0.3) is 0 Å². The monoisotopic (exact) mass is 588 g/mol. The Bertz CT molecular complexity index is 1460. The van der Waals surface area contributed by atoms with Crippen LogP contribution >= 0.6 is 0 Å². The highest BCUT2D eigenvalue weighted by molar-refractivity contribution is 6.02. The van der Waals surface area contributed by atoms with Gasteiger partial charge in [-0.3, -0.25) is 0 Å². The molecule has 0 atom stereocenters. The van der Waals surface area contributed by atoms with Gasteiger partial charge >= 0.3 is 11.9 Å². The van der Waals surface area contributed by atoms with Crippen molar-refractivity contribution < 1.29 is 19.1 Å². The van der Waals surface area contributed by atoms with Crippen molar-refractivity contribution in [2.24, 2.45) is 0 Å². The third-order valence-corrected chi connectivity index (χ3v) is 8.03. The highest BCUT2D eigenvalue weighted by atomic mass is 16.6. The van der Waals surface area contributed by atoms with Crippen LogP contribution in [-0.4, -0.2) is 11.9 Å². The van der Waals surface area contributed by atoms with E-state index in [2.05, 4.69) is 13.8 Å². The first kappa shape index (κ1) is 32.5. The number of esters is 2. The zero-order chi connectivity index (χ0) is 31.6. The lowest BCUT2D eigenvalue weighted by Crippen LogP contribution is -2.13. The molecule has 228 valence electrons. The lowest BCUT2D eigenvalue weighted by atomic mass is 9.95. The summed E-state index contributed by atoms with van der Waals surface area (Å²) in [5, 5.41) is 0. The summed E-state index contributed by atoms with van der Waals surface area (Å²) >= 11 is 0. The average molecular weight is 589 g/mol. The van der Waals surface area contributed by atoms with Crippen molar-refractivity contribution in [1.29, 1.82) is 0 Å². The van der Waals surface area contributed by atoms with E-state index in [-0.39, 0.29) is 11.5 Å². The lowest BCUT2D eigenvalue weighted by molar-refractivity contribution is 0.0646. The second-order valence-electron chi connectivity index (χ2n) is 11.6. The maximum Gasteiger partial charge on any atom is 0.343 e. The van der Waals surface area contributed by atoms with E-state index in [1.165, 1.54) is 11.1 Å². The van der Waals surface area contributed by atoms with Crippen LogP contribution in [0.2, 0.25) is 0 Å². The number of carbonyl (C=O) groups excluding carboxylic acids is 2. The van der Waals surface area contributed by atoms with Crippen molar-refractivity contribution in [3.63, 3.8) is 0 Å². The van der Waals surface area contributed by atoms with Gasteiger partial charge in [0.15, 0.2) is 11.5 Å². The maximum atomic E-state index is 13.8. The number of ether oxygens (including phenoxy) is 2. The SMILES string of the molecule is CCCCc1ccc(C(=O)OC(=C(OC(=O)c2ccc(CCCC)cc2)c2c(C)cccc2C)c2c(C)cccc2C)cc1. The Kier molecular flexibility index (Phi) is 11.3. The highest BCUT2D eigenvalue weighted by Gasteiger charge is 2.27. The quantitative estimate of drug-likeness (QED) is 0.0939. The van der Waals surface area contributed by atoms with Gasteiger partial charge in [-0.05, 0) is 111 Å². The minimum atomic E-state index is -0.509. The molecule has 0 aliphatic rings. The first-order valence-electron chi connectivity index (χ1n) is 15.7. The molecular formula is C40H44O4. The minimum absolute atomic E-state index is 0.228. The molecular weight excluding hydrogens is 544 g/mol. The van der Waals surface area contributed by atoms with E-state index >= 15 is 0 Å². The molecule has 44 heavy (non-hydrogen) atoms.